The molecule has 0 bridgehead atoms. The Labute approximate surface area is 507 Å². The first kappa shape index (κ1) is 65.7. The lowest BCUT2D eigenvalue weighted by molar-refractivity contribution is -0.137. The number of imide groups is 1. The molecule has 11 amide bonds. The number of anilines is 3. The molecule has 26 heteroatoms. The number of carbonyl (C=O) groups excluding carboxylic acids is 10. The number of urea groups is 1. The van der Waals surface area contributed by atoms with Gasteiger partial charge in [-0.3, -0.25) is 43.3 Å². The van der Waals surface area contributed by atoms with Crippen LogP contribution < -0.4 is 53.6 Å². The van der Waals surface area contributed by atoms with Crippen molar-refractivity contribution >= 4 is 117 Å². The number of nitrogens with zero attached hydrogens (tertiary/aromatic N) is 5. The monoisotopic (exact) mass is 1280 g/mol. The number of ether oxygens (including phenoxy) is 1. The van der Waals surface area contributed by atoms with Gasteiger partial charge in [-0.05, 0) is 98.9 Å². The van der Waals surface area contributed by atoms with Gasteiger partial charge in [0, 0.05) is 110 Å². The van der Waals surface area contributed by atoms with Gasteiger partial charge < -0.3 is 63.2 Å². The Morgan fingerprint density at radius 2 is 1.53 bits per heavy atom. The molecule has 4 heterocycles. The van der Waals surface area contributed by atoms with Gasteiger partial charge >= 0.3 is 12.1 Å². The average molecular weight is 1290 g/mol. The lowest BCUT2D eigenvalue weighted by Crippen LogP contribution is -2.54. The standard InChI is InChI=1S/C59H77IN14O11/c1-4-27-73(31-23-60)57(82)42-32-40-13-14-41(33-46(40)69-47(61)34-42)54(79)68-44-17-18-48(66-35-44)72-29-21-39(22-30-72)53(78)63-25-26-65-59(84)85-36-38-11-15-43(16-12-38)67-55(80)45(9-8-24-64-58(62)83)70-56(81)52(37(2)3)71-49(75)10-6-5-7-28-74-50(76)19-20-51(74)77/h11-20,32-33,35,37,39,45,52H,4-10,21-31,34,36H2,1-3H3,(H2,61,69)(H,63,78)(H,65,84)(H,67,80)(H,68,79)(H,70,81)(H,71,75)(H3,62,64,83). The average Bonchev–Trinajstić information content (AvgIpc) is 4.03. The Morgan fingerprint density at radius 1 is 0.812 bits per heavy atom. The minimum Gasteiger partial charge on any atom is -0.445 e. The van der Waals surface area contributed by atoms with Crippen LogP contribution in [0, 0.1) is 11.8 Å². The number of nitrogens with one attached hydrogen (secondary N) is 7. The summed E-state index contributed by atoms with van der Waals surface area (Å²) in [5.41, 5.74) is 15.1. The number of primary amides is 1. The minimum absolute atomic E-state index is 0.0696. The van der Waals surface area contributed by atoms with Crippen LogP contribution in [0.3, 0.4) is 0 Å². The molecule has 6 rings (SSSR count). The molecular weight excluding hydrogens is 1210 g/mol. The second-order valence-corrected chi connectivity index (χ2v) is 22.1. The molecule has 1 fully saturated rings. The molecule has 1 saturated heterocycles. The van der Waals surface area contributed by atoms with Gasteiger partial charge in [-0.2, -0.15) is 0 Å². The summed E-state index contributed by atoms with van der Waals surface area (Å²) in [7, 11) is 0. The van der Waals surface area contributed by atoms with Crippen LogP contribution in [0.4, 0.5) is 32.5 Å². The number of amidine groups is 1. The van der Waals surface area contributed by atoms with Gasteiger partial charge in [0.25, 0.3) is 17.7 Å². The highest BCUT2D eigenvalue weighted by molar-refractivity contribution is 14.1. The fraction of sp³-hybridized carbons (Fsp3) is 0.458. The smallest absolute Gasteiger partial charge is 0.407 e. The lowest BCUT2D eigenvalue weighted by Gasteiger charge is -2.32. The fourth-order valence-electron chi connectivity index (χ4n) is 9.60. The van der Waals surface area contributed by atoms with E-state index < -0.39 is 36.0 Å². The van der Waals surface area contributed by atoms with Crippen LogP contribution >= 0.6 is 22.6 Å². The largest absolute Gasteiger partial charge is 0.445 e. The topological polar surface area (TPSA) is 351 Å². The van der Waals surface area contributed by atoms with Gasteiger partial charge in [0.2, 0.25) is 29.5 Å². The summed E-state index contributed by atoms with van der Waals surface area (Å²) < 4.78 is 6.17. The number of aliphatic imine (C=N–C) groups is 1. The second-order valence-electron chi connectivity index (χ2n) is 21.1. The highest BCUT2D eigenvalue weighted by Crippen LogP contribution is 2.30. The van der Waals surface area contributed by atoms with E-state index in [0.717, 1.165) is 15.7 Å². The molecule has 2 aromatic carbocycles. The number of benzene rings is 2. The first-order chi connectivity index (χ1) is 40.8. The molecule has 1 aromatic heterocycles. The highest BCUT2D eigenvalue weighted by atomic mass is 127. The molecule has 3 aliphatic rings. The Morgan fingerprint density at radius 3 is 2.20 bits per heavy atom. The number of rotatable bonds is 30. The lowest BCUT2D eigenvalue weighted by atomic mass is 9.96. The predicted octanol–water partition coefficient (Wildman–Crippen LogP) is 4.54. The van der Waals surface area contributed by atoms with Crippen molar-refractivity contribution in [3.05, 3.63) is 95.2 Å². The molecule has 0 radical (unpaired) electrons. The third kappa shape index (κ3) is 20.7. The zero-order valence-corrected chi connectivity index (χ0v) is 50.4. The van der Waals surface area contributed by atoms with E-state index in [1.165, 1.54) is 12.2 Å². The number of alkyl halides is 1. The van der Waals surface area contributed by atoms with Crippen molar-refractivity contribution in [1.29, 1.82) is 0 Å². The maximum atomic E-state index is 13.6. The third-order valence-corrected chi connectivity index (χ3v) is 14.7. The number of aromatic nitrogens is 1. The SMILES string of the molecule is CCCN(CCI)C(=O)C1=Cc2ccc(C(=O)Nc3ccc(N4CCC(C(=O)NCCNC(=O)OCc5ccc(NC(=O)C(CCCNC(N)=O)NC(=O)C(NC(=O)CCCCCN6C(=O)C=CC6=O)C(C)C)cc5)CC4)nc3)cc2N=C(N)C1. The number of hydrogen-bond donors (Lipinski definition) is 9. The first-order valence-corrected chi connectivity index (χ1v) is 30.1. The predicted molar refractivity (Wildman–Crippen MR) is 329 cm³/mol. The van der Waals surface area contributed by atoms with E-state index >= 15 is 0 Å². The normalized spacial score (nSPS) is 14.6. The number of piperidine rings is 1. The summed E-state index contributed by atoms with van der Waals surface area (Å²) in [6.07, 6.45) is 9.42. The molecule has 85 heavy (non-hydrogen) atoms. The van der Waals surface area contributed by atoms with Gasteiger partial charge in [0.05, 0.1) is 17.6 Å². The van der Waals surface area contributed by atoms with Crippen LogP contribution in [0.2, 0.25) is 0 Å². The van der Waals surface area contributed by atoms with Crippen LogP contribution in [0.15, 0.2) is 83.5 Å². The van der Waals surface area contributed by atoms with Crippen molar-refractivity contribution in [2.45, 2.75) is 104 Å². The number of amides is 11. The zero-order chi connectivity index (χ0) is 61.4. The highest BCUT2D eigenvalue weighted by Gasteiger charge is 2.30. The van der Waals surface area contributed by atoms with Crippen molar-refractivity contribution in [2.75, 3.05) is 72.3 Å². The summed E-state index contributed by atoms with van der Waals surface area (Å²) in [5.74, 6) is -2.36. The molecule has 2 unspecified atom stereocenters. The van der Waals surface area contributed by atoms with Crippen molar-refractivity contribution in [3.8, 4) is 0 Å². The zero-order valence-electron chi connectivity index (χ0n) is 48.2. The van der Waals surface area contributed by atoms with Gasteiger partial charge in [-0.15, -0.1) is 0 Å². The summed E-state index contributed by atoms with van der Waals surface area (Å²) in [4.78, 5) is 141. The summed E-state index contributed by atoms with van der Waals surface area (Å²) >= 11 is 2.26. The van der Waals surface area contributed by atoms with E-state index in [9.17, 15) is 47.9 Å². The summed E-state index contributed by atoms with van der Waals surface area (Å²) in [6.45, 7) is 8.62. The minimum atomic E-state index is -1.06. The van der Waals surface area contributed by atoms with E-state index in [0.29, 0.717) is 103 Å². The van der Waals surface area contributed by atoms with E-state index in [-0.39, 0.29) is 112 Å². The number of carbonyl (C=O) groups is 10. The molecule has 2 atom stereocenters. The van der Waals surface area contributed by atoms with Gasteiger partial charge in [0.15, 0.2) is 0 Å². The second kappa shape index (κ2) is 33.2. The number of unbranched alkanes of at least 4 members (excludes halogenated alkanes) is 2. The first-order valence-electron chi connectivity index (χ1n) is 28.6. The molecule has 456 valence electrons. The fourth-order valence-corrected chi connectivity index (χ4v) is 10.2. The Balaban J connectivity index is 0.874. The van der Waals surface area contributed by atoms with Crippen LogP contribution in [0.5, 0.6) is 0 Å². The number of alkyl carbamates (subject to hydrolysis) is 1. The summed E-state index contributed by atoms with van der Waals surface area (Å²) in [5, 5.41) is 19.2. The third-order valence-electron chi connectivity index (χ3n) is 14.2. The van der Waals surface area contributed by atoms with Gasteiger partial charge in [-0.25, -0.2) is 19.6 Å². The van der Waals surface area contributed by atoms with E-state index in [1.807, 2.05) is 17.9 Å². The van der Waals surface area contributed by atoms with E-state index in [2.05, 4.69) is 74.7 Å². The maximum absolute atomic E-state index is 13.6. The maximum Gasteiger partial charge on any atom is 0.407 e. The van der Waals surface area contributed by atoms with Crippen molar-refractivity contribution in [2.24, 2.45) is 28.3 Å². The molecule has 3 aliphatic heterocycles. The Bertz CT molecular complexity index is 2960. The summed E-state index contributed by atoms with van der Waals surface area (Å²) in [6, 6.07) is 12.4. The molecule has 3 aromatic rings. The molecule has 11 N–H and O–H groups in total. The van der Waals surface area contributed by atoms with E-state index in [4.69, 9.17) is 16.2 Å². The van der Waals surface area contributed by atoms with E-state index in [1.54, 1.807) is 74.7 Å². The Kier molecular flexibility index (Phi) is 25.6. The van der Waals surface area contributed by atoms with Crippen LogP contribution in [0.1, 0.15) is 106 Å². The number of pyridine rings is 1. The molecule has 25 nitrogen and oxygen atoms in total. The quantitative estimate of drug-likeness (QED) is 0.0192. The van der Waals surface area contributed by atoms with Crippen molar-refractivity contribution in [1.82, 2.24) is 41.4 Å². The van der Waals surface area contributed by atoms with Gasteiger partial charge in [-0.1, -0.05) is 68.0 Å². The van der Waals surface area contributed by atoms with Crippen LogP contribution in [-0.2, 0) is 44.9 Å². The number of nitrogens with two attached hydrogens (primary N) is 2. The number of fused-ring (bicyclic) bond motifs is 1. The van der Waals surface area contributed by atoms with Gasteiger partial charge in [0.1, 0.15) is 30.3 Å². The van der Waals surface area contributed by atoms with Crippen LogP contribution in [0.25, 0.3) is 6.08 Å². The van der Waals surface area contributed by atoms with Crippen LogP contribution in [-0.4, -0.2) is 149 Å². The molecule has 0 saturated carbocycles. The Hall–Kier alpha value is -8.43. The van der Waals surface area contributed by atoms with Crippen molar-refractivity contribution < 1.29 is 52.7 Å². The molecule has 0 spiro atoms. The molecular formula is C59H77IN14O11. The van der Waals surface area contributed by atoms with Crippen molar-refractivity contribution in [3.63, 3.8) is 0 Å². The number of halogens is 1. The molecule has 0 aliphatic carbocycles. The number of hydrogen-bond acceptors (Lipinski definition) is 15.